The zero-order chi connectivity index (χ0) is 5.58. The molecule has 0 atom stereocenters. The molecule has 7 heteroatoms. The molecule has 2 N–H and O–H groups in total. The van der Waals surface area contributed by atoms with E-state index in [2.05, 4.69) is 0 Å². The summed E-state index contributed by atoms with van der Waals surface area (Å²) in [5.41, 5.74) is 0. The van der Waals surface area contributed by atoms with Crippen LogP contribution in [0.1, 0.15) is 1.43 Å². The second-order valence-electron chi connectivity index (χ2n) is 0.283. The second-order valence-corrected chi connectivity index (χ2v) is 0.283. The molecule has 0 aromatic carbocycles. The first-order valence-electron chi connectivity index (χ1n) is 0.855. The summed E-state index contributed by atoms with van der Waals surface area (Å²) in [7, 11) is 0. The Kier molecular flexibility index (Phi) is 69.7. The fourth-order valence-electron chi connectivity index (χ4n) is 0. The van der Waals surface area contributed by atoms with Gasteiger partial charge in [0.25, 0.3) is 0 Å². The molecule has 0 aromatic rings. The Morgan fingerprint density at radius 3 is 1.38 bits per heavy atom. The summed E-state index contributed by atoms with van der Waals surface area (Å²) in [6.45, 7) is 0. The van der Waals surface area contributed by atoms with Crippen molar-refractivity contribution >= 4 is 6.16 Å². The monoisotopic (exact) mass is 182 g/mol. The zero-order valence-electron chi connectivity index (χ0n) is 5.21. The van der Waals surface area contributed by atoms with Gasteiger partial charge in [-0.05, 0) is 0 Å². The Labute approximate surface area is 86.3 Å². The van der Waals surface area contributed by atoms with Crippen LogP contribution in [0.3, 0.4) is 0 Å². The van der Waals surface area contributed by atoms with Crippen LogP contribution in [0.5, 0.6) is 0 Å². The van der Waals surface area contributed by atoms with Crippen LogP contribution in [0, 0.1) is 0 Å². The number of carbonyl (C=O) groups is 1. The van der Waals surface area contributed by atoms with Gasteiger partial charge >= 0.3 is 48.7 Å². The van der Waals surface area contributed by atoms with E-state index in [4.69, 9.17) is 18.3 Å². The topological polar surface area (TPSA) is 74.6 Å². The molecule has 8 heavy (non-hydrogen) atoms. The average molecular weight is 182 g/mol. The standard InChI is InChI=1S/CH2O3.Li.O.2Ti.H/c2-1(3)4;;;;;/h(H2,2,3,4);;;;;/q;+1;;;;-1. The van der Waals surface area contributed by atoms with Crippen molar-refractivity contribution in [3.8, 4) is 0 Å². The van der Waals surface area contributed by atoms with E-state index in [1.807, 2.05) is 0 Å². The minimum Gasteiger partial charge on any atom is 0 e. The SMILES string of the molecule is O=C(O)O.[H-].[Li+].[O]=[Ti].[Ti]. The van der Waals surface area contributed by atoms with Crippen LogP contribution in [0.15, 0.2) is 0 Å². The minimum absolute atomic E-state index is 0. The zero-order valence-corrected chi connectivity index (χ0v) is 7.33. The molecular formula is CH3LiO4Ti2. The molecule has 0 aliphatic rings. The minimum atomic E-state index is -1.83. The van der Waals surface area contributed by atoms with Gasteiger partial charge in [0.1, 0.15) is 0 Å². The molecule has 0 saturated heterocycles. The van der Waals surface area contributed by atoms with E-state index < -0.39 is 6.16 Å². The fraction of sp³-hybridized carbons (Fsp3) is 0. The Morgan fingerprint density at radius 2 is 1.38 bits per heavy atom. The molecule has 0 aromatic heterocycles. The third kappa shape index (κ3) is 220. The molecule has 0 aliphatic carbocycles. The molecule has 0 amide bonds. The van der Waals surface area contributed by atoms with Crippen molar-refractivity contribution in [3.05, 3.63) is 0 Å². The summed E-state index contributed by atoms with van der Waals surface area (Å²) in [6, 6.07) is 0. The van der Waals surface area contributed by atoms with E-state index in [0.29, 0.717) is 0 Å². The summed E-state index contributed by atoms with van der Waals surface area (Å²) in [6.07, 6.45) is -1.83. The molecule has 0 radical (unpaired) electrons. The van der Waals surface area contributed by atoms with E-state index in [-0.39, 0.29) is 42.0 Å². The maximum Gasteiger partial charge on any atom is 0 e. The molecule has 0 aliphatic heterocycles. The predicted octanol–water partition coefficient (Wildman–Crippen LogP) is -2.78. The Balaban J connectivity index is -0.00000000990. The first kappa shape index (κ1) is 23.0. The summed E-state index contributed by atoms with van der Waals surface area (Å²) in [4.78, 5) is 8.56. The quantitative estimate of drug-likeness (QED) is 0.397. The second kappa shape index (κ2) is 24.3. The van der Waals surface area contributed by atoms with Gasteiger partial charge in [-0.1, -0.05) is 0 Å². The number of hydrogen-bond donors (Lipinski definition) is 2. The largest absolute Gasteiger partial charge is 0 e. The molecule has 0 unspecified atom stereocenters. The van der Waals surface area contributed by atoms with Gasteiger partial charge in [-0.25, -0.2) is 4.79 Å². The smallest absolute Gasteiger partial charge is 0 e. The average Bonchev–Trinajstić information content (AvgIpc) is 1.41. The van der Waals surface area contributed by atoms with Crippen molar-refractivity contribution in [3.63, 3.8) is 0 Å². The van der Waals surface area contributed by atoms with Crippen LogP contribution in [-0.2, 0) is 45.4 Å². The van der Waals surface area contributed by atoms with Crippen LogP contribution in [-0.4, -0.2) is 16.4 Å². The van der Waals surface area contributed by atoms with Gasteiger partial charge in [0.2, 0.25) is 0 Å². The molecule has 0 bridgehead atoms. The number of carboxylic acid groups (broad SMARTS) is 2. The Hall–Kier alpha value is 1.10. The molecule has 40 valence electrons. The summed E-state index contributed by atoms with van der Waals surface area (Å²) < 4.78 is 8.25. The van der Waals surface area contributed by atoms with E-state index in [9.17, 15) is 0 Å². The maximum absolute atomic E-state index is 8.56. The van der Waals surface area contributed by atoms with Crippen LogP contribution < -0.4 is 18.9 Å². The van der Waals surface area contributed by atoms with Gasteiger partial charge in [0.15, 0.2) is 0 Å². The van der Waals surface area contributed by atoms with Gasteiger partial charge in [0, 0.05) is 21.7 Å². The van der Waals surface area contributed by atoms with E-state index in [1.54, 1.807) is 0 Å². The van der Waals surface area contributed by atoms with Crippen LogP contribution in [0.4, 0.5) is 4.79 Å². The summed E-state index contributed by atoms with van der Waals surface area (Å²) in [5.74, 6) is 0. The molecular weight excluding hydrogens is 179 g/mol. The summed E-state index contributed by atoms with van der Waals surface area (Å²) in [5, 5.41) is 13.9. The van der Waals surface area contributed by atoms with Crippen molar-refractivity contribution in [1.29, 1.82) is 0 Å². The first-order valence-corrected chi connectivity index (χ1v) is 1.49. The first-order chi connectivity index (χ1) is 2.73. The molecule has 0 saturated carbocycles. The third-order valence-corrected chi connectivity index (χ3v) is 0. The van der Waals surface area contributed by atoms with Crippen molar-refractivity contribution in [2.24, 2.45) is 0 Å². The maximum atomic E-state index is 8.56. The van der Waals surface area contributed by atoms with Crippen LogP contribution in [0.25, 0.3) is 0 Å². The van der Waals surface area contributed by atoms with Gasteiger partial charge in [-0.2, -0.15) is 0 Å². The number of rotatable bonds is 0. The van der Waals surface area contributed by atoms with Gasteiger partial charge in [-0.3, -0.25) is 0 Å². The Bertz CT molecular complexity index is 49.8. The van der Waals surface area contributed by atoms with Crippen LogP contribution >= 0.6 is 0 Å². The summed E-state index contributed by atoms with van der Waals surface area (Å²) >= 11 is 0.750. The van der Waals surface area contributed by atoms with Gasteiger partial charge in [0.05, 0.1) is 0 Å². The van der Waals surface area contributed by atoms with E-state index in [0.717, 1.165) is 20.4 Å². The van der Waals surface area contributed by atoms with E-state index >= 15 is 0 Å². The molecule has 0 fully saturated rings. The molecule has 0 spiro atoms. The molecule has 0 rings (SSSR count). The van der Waals surface area contributed by atoms with Crippen molar-refractivity contribution in [2.75, 3.05) is 0 Å². The normalized spacial score (nSPS) is 3.38. The number of hydrogen-bond acceptors (Lipinski definition) is 2. The molecule has 4 nitrogen and oxygen atoms in total. The molecule has 0 heterocycles. The Morgan fingerprint density at radius 1 is 1.38 bits per heavy atom. The van der Waals surface area contributed by atoms with E-state index in [1.165, 1.54) is 0 Å². The van der Waals surface area contributed by atoms with Crippen molar-refractivity contribution in [2.45, 2.75) is 0 Å². The fourth-order valence-corrected chi connectivity index (χ4v) is 0. The van der Waals surface area contributed by atoms with Crippen LogP contribution in [0.2, 0.25) is 0 Å². The predicted molar refractivity (Wildman–Crippen MR) is 12.5 cm³/mol. The van der Waals surface area contributed by atoms with Gasteiger partial charge < -0.3 is 11.6 Å². The van der Waals surface area contributed by atoms with Crippen molar-refractivity contribution in [1.82, 2.24) is 0 Å². The van der Waals surface area contributed by atoms with Gasteiger partial charge in [-0.15, -0.1) is 0 Å². The third-order valence-electron chi connectivity index (χ3n) is 0. The van der Waals surface area contributed by atoms with Crippen molar-refractivity contribution < 1.29 is 80.7 Å².